The van der Waals surface area contributed by atoms with Crippen molar-refractivity contribution in [2.45, 2.75) is 25.6 Å². The van der Waals surface area contributed by atoms with Crippen LogP contribution in [-0.4, -0.2) is 6.29 Å². The van der Waals surface area contributed by atoms with Gasteiger partial charge in [-0.05, 0) is 23.6 Å². The largest absolute Gasteiger partial charge is 0.303 e. The van der Waals surface area contributed by atoms with Gasteiger partial charge in [0.05, 0.1) is 0 Å². The molecule has 0 amide bonds. The summed E-state index contributed by atoms with van der Waals surface area (Å²) < 4.78 is 0. The fraction of sp³-hybridized carbons (Fsp3) is 0.364. The summed E-state index contributed by atoms with van der Waals surface area (Å²) in [5.74, 6) is 0.501. The van der Waals surface area contributed by atoms with Crippen molar-refractivity contribution in [1.82, 2.24) is 0 Å². The van der Waals surface area contributed by atoms with Gasteiger partial charge in [0.1, 0.15) is 6.29 Å². The maximum Gasteiger partial charge on any atom is 0.127 e. The fourth-order valence-corrected chi connectivity index (χ4v) is 1.57. The van der Waals surface area contributed by atoms with Gasteiger partial charge in [-0.25, -0.2) is 0 Å². The van der Waals surface area contributed by atoms with Crippen molar-refractivity contribution in [3.63, 3.8) is 0 Å². The van der Waals surface area contributed by atoms with Crippen LogP contribution >= 0.6 is 11.6 Å². The van der Waals surface area contributed by atoms with Gasteiger partial charge in [0.15, 0.2) is 0 Å². The number of hydrogen-bond donors (Lipinski definition) is 0. The highest BCUT2D eigenvalue weighted by Crippen LogP contribution is 2.19. The summed E-state index contributed by atoms with van der Waals surface area (Å²) in [6, 6.07) is 5.98. The summed E-state index contributed by atoms with van der Waals surface area (Å²) in [5.41, 5.74) is 3.32. The Morgan fingerprint density at radius 3 is 2.69 bits per heavy atom. The Morgan fingerprint density at radius 2 is 2.23 bits per heavy atom. The molecule has 2 heteroatoms. The lowest BCUT2D eigenvalue weighted by molar-refractivity contribution is -0.108. The van der Waals surface area contributed by atoms with Crippen molar-refractivity contribution in [3.8, 4) is 0 Å². The van der Waals surface area contributed by atoms with Crippen molar-refractivity contribution < 1.29 is 4.79 Å². The van der Waals surface area contributed by atoms with Gasteiger partial charge in [0, 0.05) is 11.8 Å². The number of rotatable bonds is 3. The number of hydrogen-bond acceptors (Lipinski definition) is 1. The van der Waals surface area contributed by atoms with E-state index in [2.05, 4.69) is 0 Å². The van der Waals surface area contributed by atoms with Crippen molar-refractivity contribution in [3.05, 3.63) is 34.9 Å². The van der Waals surface area contributed by atoms with Crippen molar-refractivity contribution in [2.24, 2.45) is 0 Å². The van der Waals surface area contributed by atoms with Crippen molar-refractivity contribution in [2.75, 3.05) is 0 Å². The SMILES string of the molecule is Cc1cc(CCl)ccc1C(C)C=O. The summed E-state index contributed by atoms with van der Waals surface area (Å²) in [5, 5.41) is 0. The Balaban J connectivity index is 3.04. The number of aldehydes is 1. The second-order valence-electron chi connectivity index (χ2n) is 3.25. The molecule has 0 fully saturated rings. The summed E-state index contributed by atoms with van der Waals surface area (Å²) in [6.07, 6.45) is 0.961. The smallest absolute Gasteiger partial charge is 0.127 e. The normalized spacial score (nSPS) is 12.5. The molecule has 0 aromatic heterocycles. The molecule has 1 nitrogen and oxygen atoms in total. The van der Waals surface area contributed by atoms with E-state index in [4.69, 9.17) is 11.6 Å². The highest BCUT2D eigenvalue weighted by molar-refractivity contribution is 6.17. The predicted octanol–water partition coefficient (Wildman–Crippen LogP) is 3.04. The van der Waals surface area contributed by atoms with Crippen molar-refractivity contribution >= 4 is 17.9 Å². The lowest BCUT2D eigenvalue weighted by Gasteiger charge is -2.09. The molecular weight excluding hydrogens is 184 g/mol. The molecule has 1 aromatic carbocycles. The molecule has 0 radical (unpaired) electrons. The molecule has 0 N–H and O–H groups in total. The Hall–Kier alpha value is -0.820. The first-order valence-corrected chi connectivity index (χ1v) is 4.83. The van der Waals surface area contributed by atoms with Crippen LogP contribution < -0.4 is 0 Å². The van der Waals surface area contributed by atoms with Crippen LogP contribution in [0.25, 0.3) is 0 Å². The average Bonchev–Trinajstić information content (AvgIpc) is 2.16. The number of carbonyl (C=O) groups is 1. The molecule has 0 saturated heterocycles. The first-order valence-electron chi connectivity index (χ1n) is 4.29. The maximum atomic E-state index is 10.6. The second-order valence-corrected chi connectivity index (χ2v) is 3.52. The van der Waals surface area contributed by atoms with E-state index in [1.165, 1.54) is 0 Å². The lowest BCUT2D eigenvalue weighted by atomic mass is 9.96. The molecular formula is C11H13ClO. The van der Waals surface area contributed by atoms with Gasteiger partial charge in [-0.3, -0.25) is 0 Å². The molecule has 0 heterocycles. The Bertz CT molecular complexity index is 307. The minimum absolute atomic E-state index is 0.0237. The minimum atomic E-state index is -0.0237. The van der Waals surface area contributed by atoms with Gasteiger partial charge in [-0.15, -0.1) is 11.6 Å². The first kappa shape index (κ1) is 10.3. The number of aryl methyl sites for hydroxylation is 1. The molecule has 0 saturated carbocycles. The van der Waals surface area contributed by atoms with Crippen LogP contribution in [0, 0.1) is 6.92 Å². The molecule has 0 aliphatic carbocycles. The van der Waals surface area contributed by atoms with Crippen LogP contribution in [0.3, 0.4) is 0 Å². The molecule has 1 rings (SSSR count). The third-order valence-electron chi connectivity index (χ3n) is 2.18. The predicted molar refractivity (Wildman–Crippen MR) is 55.2 cm³/mol. The summed E-state index contributed by atoms with van der Waals surface area (Å²) >= 11 is 5.70. The van der Waals surface area contributed by atoms with E-state index < -0.39 is 0 Å². The fourth-order valence-electron chi connectivity index (χ4n) is 1.41. The number of alkyl halides is 1. The molecule has 0 aliphatic heterocycles. The Kier molecular flexibility index (Phi) is 3.49. The molecule has 1 aromatic rings. The standard InChI is InChI=1S/C11H13ClO/c1-8-5-10(6-12)3-4-11(8)9(2)7-13/h3-5,7,9H,6H2,1-2H3. The van der Waals surface area contributed by atoms with E-state index in [9.17, 15) is 4.79 Å². The second kappa shape index (κ2) is 4.43. The molecule has 0 aliphatic rings. The maximum absolute atomic E-state index is 10.6. The van der Waals surface area contributed by atoms with Gasteiger partial charge in [0.2, 0.25) is 0 Å². The van der Waals surface area contributed by atoms with Gasteiger partial charge in [-0.2, -0.15) is 0 Å². The number of carbonyl (C=O) groups excluding carboxylic acids is 1. The third kappa shape index (κ3) is 2.31. The monoisotopic (exact) mass is 196 g/mol. The lowest BCUT2D eigenvalue weighted by Crippen LogP contribution is -1.98. The van der Waals surface area contributed by atoms with Crippen LogP contribution in [0.1, 0.15) is 29.5 Å². The zero-order valence-corrected chi connectivity index (χ0v) is 8.64. The quantitative estimate of drug-likeness (QED) is 0.537. The highest BCUT2D eigenvalue weighted by atomic mass is 35.5. The topological polar surface area (TPSA) is 17.1 Å². The van der Waals surface area contributed by atoms with Gasteiger partial charge >= 0.3 is 0 Å². The number of benzene rings is 1. The molecule has 13 heavy (non-hydrogen) atoms. The summed E-state index contributed by atoms with van der Waals surface area (Å²) in [6.45, 7) is 3.90. The number of halogens is 1. The summed E-state index contributed by atoms with van der Waals surface area (Å²) in [4.78, 5) is 10.6. The average molecular weight is 197 g/mol. The van der Waals surface area contributed by atoms with E-state index >= 15 is 0 Å². The molecule has 1 unspecified atom stereocenters. The molecule has 0 bridgehead atoms. The van der Waals surface area contributed by atoms with E-state index in [1.807, 2.05) is 32.0 Å². The minimum Gasteiger partial charge on any atom is -0.303 e. The Morgan fingerprint density at radius 1 is 1.54 bits per heavy atom. The Labute approximate surface area is 83.7 Å². The van der Waals surface area contributed by atoms with Gasteiger partial charge in [0.25, 0.3) is 0 Å². The molecule has 1 atom stereocenters. The molecule has 70 valence electrons. The third-order valence-corrected chi connectivity index (χ3v) is 2.49. The molecule has 0 spiro atoms. The van der Waals surface area contributed by atoms with Crippen molar-refractivity contribution in [1.29, 1.82) is 0 Å². The van der Waals surface area contributed by atoms with Crippen LogP contribution in [0.15, 0.2) is 18.2 Å². The zero-order chi connectivity index (χ0) is 9.84. The van der Waals surface area contributed by atoms with E-state index in [-0.39, 0.29) is 5.92 Å². The van der Waals surface area contributed by atoms with Crippen LogP contribution in [-0.2, 0) is 10.7 Å². The highest BCUT2D eigenvalue weighted by Gasteiger charge is 2.06. The van der Waals surface area contributed by atoms with Crippen LogP contribution in [0.4, 0.5) is 0 Å². The van der Waals surface area contributed by atoms with Crippen LogP contribution in [0.5, 0.6) is 0 Å². The first-order chi connectivity index (χ1) is 6.19. The van der Waals surface area contributed by atoms with Gasteiger partial charge < -0.3 is 4.79 Å². The van der Waals surface area contributed by atoms with Gasteiger partial charge in [-0.1, -0.05) is 25.1 Å². The zero-order valence-electron chi connectivity index (χ0n) is 7.88. The van der Waals surface area contributed by atoms with E-state index in [1.54, 1.807) is 0 Å². The van der Waals surface area contributed by atoms with E-state index in [0.29, 0.717) is 5.88 Å². The van der Waals surface area contributed by atoms with E-state index in [0.717, 1.165) is 23.0 Å². The summed E-state index contributed by atoms with van der Waals surface area (Å²) in [7, 11) is 0. The van der Waals surface area contributed by atoms with Crippen LogP contribution in [0.2, 0.25) is 0 Å².